The van der Waals surface area contributed by atoms with Crippen LogP contribution in [0.3, 0.4) is 0 Å². The number of nitrogens with zero attached hydrogens (tertiary/aromatic N) is 2. The Morgan fingerprint density at radius 3 is 2.28 bits per heavy atom. The van der Waals surface area contributed by atoms with Crippen LogP contribution < -0.4 is 9.96 Å². The molecule has 0 spiro atoms. The van der Waals surface area contributed by atoms with E-state index in [0.717, 1.165) is 4.90 Å². The fourth-order valence-electron chi connectivity index (χ4n) is 4.69. The first-order valence-electron chi connectivity index (χ1n) is 11.1. The van der Waals surface area contributed by atoms with Crippen molar-refractivity contribution in [3.63, 3.8) is 0 Å². The summed E-state index contributed by atoms with van der Waals surface area (Å²) in [7, 11) is 0. The second kappa shape index (κ2) is 8.78. The second-order valence-corrected chi connectivity index (χ2v) is 9.32. The molecule has 180 valence electrons. The molecule has 0 aliphatic carbocycles. The third-order valence-electron chi connectivity index (χ3n) is 6.33. The zero-order valence-electron chi connectivity index (χ0n) is 18.5. The van der Waals surface area contributed by atoms with Gasteiger partial charge in [0.2, 0.25) is 5.91 Å². The van der Waals surface area contributed by atoms with E-state index in [4.69, 9.17) is 32.5 Å². The minimum absolute atomic E-state index is 0.280. The molecule has 2 aliphatic rings. The maximum atomic E-state index is 13.6. The first kappa shape index (κ1) is 22.8. The summed E-state index contributed by atoms with van der Waals surface area (Å²) in [6.07, 6.45) is -1.07. The summed E-state index contributed by atoms with van der Waals surface area (Å²) >= 11 is 12.4. The van der Waals surface area contributed by atoms with Crippen molar-refractivity contribution >= 4 is 46.4 Å². The van der Waals surface area contributed by atoms with Crippen LogP contribution in [0, 0.1) is 11.7 Å². The Hall–Kier alpha value is -3.65. The van der Waals surface area contributed by atoms with Crippen LogP contribution in [0.1, 0.15) is 11.8 Å². The summed E-state index contributed by atoms with van der Waals surface area (Å²) in [5, 5.41) is 2.45. The van der Waals surface area contributed by atoms with Gasteiger partial charge in [0.05, 0.1) is 16.4 Å². The first-order chi connectivity index (χ1) is 17.4. The highest BCUT2D eigenvalue weighted by Crippen LogP contribution is 2.48. The molecular weight excluding hydrogens is 506 g/mol. The maximum absolute atomic E-state index is 13.6. The number of rotatable bonds is 4. The summed E-state index contributed by atoms with van der Waals surface area (Å²) < 4.78 is 19.7. The van der Waals surface area contributed by atoms with Gasteiger partial charge in [-0.2, -0.15) is 0 Å². The third-order valence-corrected chi connectivity index (χ3v) is 6.87. The van der Waals surface area contributed by atoms with Gasteiger partial charge in [-0.15, -0.1) is 0 Å². The van der Waals surface area contributed by atoms with E-state index in [1.54, 1.807) is 35.4 Å². The van der Waals surface area contributed by atoms with E-state index in [9.17, 15) is 14.0 Å². The summed E-state index contributed by atoms with van der Waals surface area (Å²) in [5.41, 5.74) is 1.58. The highest BCUT2D eigenvalue weighted by Gasteiger charge is 2.61. The molecule has 2 fully saturated rings. The Morgan fingerprint density at radius 1 is 0.806 bits per heavy atom. The molecule has 0 radical (unpaired) electrons. The number of amides is 2. The Balaban J connectivity index is 1.42. The number of carbonyl (C=O) groups excluding carboxylic acids is 2. The number of anilines is 2. The van der Waals surface area contributed by atoms with Crippen LogP contribution in [0.5, 0.6) is 0 Å². The van der Waals surface area contributed by atoms with E-state index in [-0.39, 0.29) is 5.69 Å². The van der Waals surface area contributed by atoms with Crippen molar-refractivity contribution in [2.75, 3.05) is 9.96 Å². The van der Waals surface area contributed by atoms with Gasteiger partial charge in [-0.05, 0) is 66.7 Å². The van der Waals surface area contributed by atoms with Crippen molar-refractivity contribution in [1.29, 1.82) is 0 Å². The van der Waals surface area contributed by atoms with Crippen LogP contribution in [-0.4, -0.2) is 17.9 Å². The van der Waals surface area contributed by atoms with Crippen molar-refractivity contribution < 1.29 is 23.2 Å². The predicted molar refractivity (Wildman–Crippen MR) is 133 cm³/mol. The first-order valence-corrected chi connectivity index (χ1v) is 11.9. The van der Waals surface area contributed by atoms with Crippen molar-refractivity contribution in [2.45, 2.75) is 12.1 Å². The number of furan rings is 1. The number of hydrogen-bond donors (Lipinski definition) is 0. The molecule has 2 saturated heterocycles. The average molecular weight is 523 g/mol. The average Bonchev–Trinajstić information content (AvgIpc) is 3.56. The van der Waals surface area contributed by atoms with E-state index in [2.05, 4.69) is 0 Å². The minimum Gasteiger partial charge on any atom is -0.459 e. The lowest BCUT2D eigenvalue weighted by Crippen LogP contribution is -2.37. The molecule has 0 saturated carbocycles. The normalized spacial score (nSPS) is 21.4. The SMILES string of the molecule is O=C1[C@H]2[C@@H](ON(c3ccccc3)[C@H]2c2ccc(-c3ccc(Cl)cc3Cl)o2)C(=O)N1c1ccc(F)cc1. The third kappa shape index (κ3) is 3.67. The Kier molecular flexibility index (Phi) is 5.56. The molecule has 3 aromatic carbocycles. The van der Waals surface area contributed by atoms with Gasteiger partial charge in [-0.3, -0.25) is 14.4 Å². The topological polar surface area (TPSA) is 63.0 Å². The van der Waals surface area contributed by atoms with Crippen molar-refractivity contribution in [3.05, 3.63) is 107 Å². The molecule has 4 aromatic rings. The van der Waals surface area contributed by atoms with Gasteiger partial charge in [0.25, 0.3) is 5.91 Å². The summed E-state index contributed by atoms with van der Waals surface area (Å²) in [4.78, 5) is 34.1. The summed E-state index contributed by atoms with van der Waals surface area (Å²) in [5.74, 6) is -1.42. The van der Waals surface area contributed by atoms with Gasteiger partial charge in [0.1, 0.15) is 29.3 Å². The Labute approximate surface area is 215 Å². The highest BCUT2D eigenvalue weighted by molar-refractivity contribution is 6.36. The minimum atomic E-state index is -1.07. The van der Waals surface area contributed by atoms with Gasteiger partial charge in [0.15, 0.2) is 6.10 Å². The second-order valence-electron chi connectivity index (χ2n) is 8.47. The van der Waals surface area contributed by atoms with Gasteiger partial charge in [-0.25, -0.2) is 14.4 Å². The zero-order valence-corrected chi connectivity index (χ0v) is 20.0. The molecule has 0 unspecified atom stereocenters. The molecule has 2 aliphatic heterocycles. The van der Waals surface area contributed by atoms with Crippen molar-refractivity contribution in [2.24, 2.45) is 5.92 Å². The number of fused-ring (bicyclic) bond motifs is 1. The number of imide groups is 1. The Bertz CT molecular complexity index is 1470. The molecule has 3 atom stereocenters. The zero-order chi connectivity index (χ0) is 25.0. The predicted octanol–water partition coefficient (Wildman–Crippen LogP) is 6.44. The van der Waals surface area contributed by atoms with Crippen LogP contribution in [0.15, 0.2) is 89.3 Å². The van der Waals surface area contributed by atoms with Crippen LogP contribution in [0.25, 0.3) is 11.3 Å². The molecule has 1 aromatic heterocycles. The molecule has 36 heavy (non-hydrogen) atoms. The lowest BCUT2D eigenvalue weighted by Gasteiger charge is -2.27. The van der Waals surface area contributed by atoms with Crippen molar-refractivity contribution in [3.8, 4) is 11.3 Å². The number of carbonyl (C=O) groups is 2. The molecule has 0 bridgehead atoms. The molecule has 9 heteroatoms. The van der Waals surface area contributed by atoms with Gasteiger partial charge >= 0.3 is 0 Å². The Morgan fingerprint density at radius 2 is 1.56 bits per heavy atom. The van der Waals surface area contributed by atoms with E-state index in [1.807, 2.05) is 30.3 Å². The van der Waals surface area contributed by atoms with Gasteiger partial charge < -0.3 is 4.42 Å². The van der Waals surface area contributed by atoms with Gasteiger partial charge in [-0.1, -0.05) is 41.4 Å². The lowest BCUT2D eigenvalue weighted by atomic mass is 9.94. The molecule has 0 N–H and O–H groups in total. The van der Waals surface area contributed by atoms with Crippen LogP contribution in [0.4, 0.5) is 15.8 Å². The maximum Gasteiger partial charge on any atom is 0.266 e. The fourth-order valence-corrected chi connectivity index (χ4v) is 5.19. The number of para-hydroxylation sites is 1. The highest BCUT2D eigenvalue weighted by atomic mass is 35.5. The number of hydroxylamine groups is 1. The van der Waals surface area contributed by atoms with Crippen LogP contribution >= 0.6 is 23.2 Å². The quantitative estimate of drug-likeness (QED) is 0.288. The fraction of sp³-hybridized carbons (Fsp3) is 0.111. The van der Waals surface area contributed by atoms with E-state index in [0.29, 0.717) is 32.8 Å². The lowest BCUT2D eigenvalue weighted by molar-refractivity contribution is -0.126. The molecule has 6 nitrogen and oxygen atoms in total. The molecule has 6 rings (SSSR count). The standard InChI is InChI=1S/C27H17Cl2FN2O4/c28-15-6-11-19(20(29)14-15)21-12-13-22(35-21)24-23-25(36-32(24)18-4-2-1-3-5-18)27(34)31(26(23)33)17-9-7-16(30)8-10-17/h1-14,23-25H/t23-,24+,25-/m1/s1. The van der Waals surface area contributed by atoms with Gasteiger partial charge in [0, 0.05) is 10.6 Å². The summed E-state index contributed by atoms with van der Waals surface area (Å²) in [6.45, 7) is 0. The molecular formula is C27H17Cl2FN2O4. The summed E-state index contributed by atoms with van der Waals surface area (Å²) in [6, 6.07) is 22.2. The number of hydrogen-bond acceptors (Lipinski definition) is 5. The number of benzene rings is 3. The largest absolute Gasteiger partial charge is 0.459 e. The number of halogens is 3. The monoisotopic (exact) mass is 522 g/mol. The van der Waals surface area contributed by atoms with Crippen LogP contribution in [0.2, 0.25) is 10.0 Å². The van der Waals surface area contributed by atoms with Crippen molar-refractivity contribution in [1.82, 2.24) is 0 Å². The van der Waals surface area contributed by atoms with E-state index in [1.165, 1.54) is 24.3 Å². The molecule has 2 amide bonds. The van der Waals surface area contributed by atoms with E-state index < -0.39 is 35.7 Å². The smallest absolute Gasteiger partial charge is 0.266 e. The molecule has 3 heterocycles. The van der Waals surface area contributed by atoms with Crippen LogP contribution in [-0.2, 0) is 14.4 Å². The van der Waals surface area contributed by atoms with E-state index >= 15 is 0 Å².